The van der Waals surface area contributed by atoms with Crippen molar-refractivity contribution in [1.29, 1.82) is 5.26 Å². The molecule has 6 nitrogen and oxygen atoms in total. The molecule has 1 saturated heterocycles. The Morgan fingerprint density at radius 1 is 1.15 bits per heavy atom. The van der Waals surface area contributed by atoms with Crippen LogP contribution in [0.15, 0.2) is 48.5 Å². The average molecular weight is 349 g/mol. The number of nitrogens with one attached hydrogen (secondary N) is 2. The molecule has 2 aromatic carbocycles. The maximum atomic E-state index is 12.5. The van der Waals surface area contributed by atoms with E-state index in [2.05, 4.69) is 10.6 Å². The number of amides is 2. The van der Waals surface area contributed by atoms with E-state index in [-0.39, 0.29) is 17.9 Å². The van der Waals surface area contributed by atoms with Crippen LogP contribution in [0.5, 0.6) is 0 Å². The number of nitrogens with zero attached hydrogens (tertiary/aromatic N) is 1. The van der Waals surface area contributed by atoms with E-state index in [0.29, 0.717) is 28.9 Å². The second-order valence-electron chi connectivity index (χ2n) is 6.04. The van der Waals surface area contributed by atoms with Crippen molar-refractivity contribution < 1.29 is 14.3 Å². The minimum absolute atomic E-state index is 0.0504. The molecule has 0 bridgehead atoms. The highest BCUT2D eigenvalue weighted by atomic mass is 16.5. The van der Waals surface area contributed by atoms with Gasteiger partial charge in [0, 0.05) is 18.7 Å². The SMILES string of the molecule is N#Cc1cccc(C(=O)Nc2ccccc2C(=O)NCC2CCCO2)c1. The largest absolute Gasteiger partial charge is 0.376 e. The van der Waals surface area contributed by atoms with Crippen LogP contribution in [-0.2, 0) is 4.74 Å². The van der Waals surface area contributed by atoms with Crippen LogP contribution in [-0.4, -0.2) is 31.1 Å². The van der Waals surface area contributed by atoms with Gasteiger partial charge in [-0.3, -0.25) is 9.59 Å². The van der Waals surface area contributed by atoms with Crippen LogP contribution in [0.3, 0.4) is 0 Å². The molecule has 2 aromatic rings. The van der Waals surface area contributed by atoms with Crippen molar-refractivity contribution in [2.24, 2.45) is 0 Å². The van der Waals surface area contributed by atoms with Gasteiger partial charge in [0.15, 0.2) is 0 Å². The summed E-state index contributed by atoms with van der Waals surface area (Å²) in [6.07, 6.45) is 2.00. The molecule has 3 rings (SSSR count). The van der Waals surface area contributed by atoms with Crippen molar-refractivity contribution in [3.63, 3.8) is 0 Å². The Hall–Kier alpha value is -3.17. The van der Waals surface area contributed by atoms with Crippen LogP contribution in [0.25, 0.3) is 0 Å². The first kappa shape index (κ1) is 17.6. The first-order valence-corrected chi connectivity index (χ1v) is 8.47. The quantitative estimate of drug-likeness (QED) is 0.868. The minimum Gasteiger partial charge on any atom is -0.376 e. The number of carbonyl (C=O) groups excluding carboxylic acids is 2. The van der Waals surface area contributed by atoms with Gasteiger partial charge in [-0.1, -0.05) is 18.2 Å². The number of ether oxygens (including phenoxy) is 1. The molecular weight excluding hydrogens is 330 g/mol. The molecule has 6 heteroatoms. The van der Waals surface area contributed by atoms with Crippen molar-refractivity contribution in [3.8, 4) is 6.07 Å². The lowest BCUT2D eigenvalue weighted by atomic mass is 10.1. The molecule has 1 atom stereocenters. The summed E-state index contributed by atoms with van der Waals surface area (Å²) < 4.78 is 5.50. The molecule has 0 spiro atoms. The molecule has 0 saturated carbocycles. The highest BCUT2D eigenvalue weighted by Gasteiger charge is 2.18. The number of carbonyl (C=O) groups is 2. The summed E-state index contributed by atoms with van der Waals surface area (Å²) in [5.41, 5.74) is 1.57. The summed E-state index contributed by atoms with van der Waals surface area (Å²) in [6, 6.07) is 15.2. The van der Waals surface area contributed by atoms with E-state index in [4.69, 9.17) is 10.00 Å². The molecule has 0 aromatic heterocycles. The molecule has 2 N–H and O–H groups in total. The van der Waals surface area contributed by atoms with E-state index in [9.17, 15) is 9.59 Å². The van der Waals surface area contributed by atoms with Gasteiger partial charge in [-0.2, -0.15) is 5.26 Å². The first-order valence-electron chi connectivity index (χ1n) is 8.47. The van der Waals surface area contributed by atoms with Gasteiger partial charge in [0.25, 0.3) is 11.8 Å². The summed E-state index contributed by atoms with van der Waals surface area (Å²) >= 11 is 0. The fourth-order valence-electron chi connectivity index (χ4n) is 2.82. The van der Waals surface area contributed by atoms with E-state index in [1.165, 1.54) is 6.07 Å². The molecule has 1 aliphatic rings. The molecule has 1 aliphatic heterocycles. The predicted octanol–water partition coefficient (Wildman–Crippen LogP) is 2.72. The standard InChI is InChI=1S/C20H19N3O3/c21-12-14-5-3-6-15(11-14)19(24)23-18-9-2-1-8-17(18)20(25)22-13-16-7-4-10-26-16/h1-3,5-6,8-9,11,16H,4,7,10,13H2,(H,22,25)(H,23,24). The second kappa shape index (κ2) is 8.28. The molecular formula is C20H19N3O3. The molecule has 1 heterocycles. The Morgan fingerprint density at radius 2 is 2.00 bits per heavy atom. The Morgan fingerprint density at radius 3 is 2.77 bits per heavy atom. The van der Waals surface area contributed by atoms with Gasteiger partial charge in [0.05, 0.1) is 29.0 Å². The van der Waals surface area contributed by atoms with Crippen LogP contribution in [0, 0.1) is 11.3 Å². The zero-order chi connectivity index (χ0) is 18.4. The number of hydrogen-bond donors (Lipinski definition) is 2. The Balaban J connectivity index is 1.70. The van der Waals surface area contributed by atoms with E-state index < -0.39 is 0 Å². The third-order valence-corrected chi connectivity index (χ3v) is 4.19. The monoisotopic (exact) mass is 349 g/mol. The maximum Gasteiger partial charge on any atom is 0.255 e. The molecule has 1 unspecified atom stereocenters. The Bertz CT molecular complexity index is 851. The summed E-state index contributed by atoms with van der Waals surface area (Å²) in [7, 11) is 0. The van der Waals surface area contributed by atoms with Crippen LogP contribution in [0.2, 0.25) is 0 Å². The van der Waals surface area contributed by atoms with Crippen molar-refractivity contribution in [3.05, 3.63) is 65.2 Å². The number of para-hydroxylation sites is 1. The van der Waals surface area contributed by atoms with Gasteiger partial charge in [0.2, 0.25) is 0 Å². The fourth-order valence-corrected chi connectivity index (χ4v) is 2.82. The lowest BCUT2D eigenvalue weighted by Gasteiger charge is -2.14. The highest BCUT2D eigenvalue weighted by molar-refractivity contribution is 6.09. The van der Waals surface area contributed by atoms with Crippen molar-refractivity contribution in [2.45, 2.75) is 18.9 Å². The molecule has 132 valence electrons. The third-order valence-electron chi connectivity index (χ3n) is 4.19. The van der Waals surface area contributed by atoms with Crippen molar-refractivity contribution in [1.82, 2.24) is 5.32 Å². The van der Waals surface area contributed by atoms with Gasteiger partial charge in [-0.25, -0.2) is 0 Å². The number of anilines is 1. The minimum atomic E-state index is -0.374. The average Bonchev–Trinajstić information content (AvgIpc) is 3.20. The Labute approximate surface area is 151 Å². The number of nitriles is 1. The van der Waals surface area contributed by atoms with Gasteiger partial charge >= 0.3 is 0 Å². The van der Waals surface area contributed by atoms with Crippen LogP contribution >= 0.6 is 0 Å². The summed E-state index contributed by atoms with van der Waals surface area (Å²) in [5.74, 6) is -0.636. The normalized spacial score (nSPS) is 15.9. The Kier molecular flexibility index (Phi) is 5.62. The summed E-state index contributed by atoms with van der Waals surface area (Å²) in [4.78, 5) is 24.9. The van der Waals surface area contributed by atoms with Crippen LogP contribution in [0.4, 0.5) is 5.69 Å². The van der Waals surface area contributed by atoms with E-state index in [1.807, 2.05) is 6.07 Å². The van der Waals surface area contributed by atoms with E-state index in [0.717, 1.165) is 19.4 Å². The fraction of sp³-hybridized carbons (Fsp3) is 0.250. The summed E-state index contributed by atoms with van der Waals surface area (Å²) in [5, 5.41) is 14.6. The van der Waals surface area contributed by atoms with Gasteiger partial charge in [0.1, 0.15) is 0 Å². The zero-order valence-corrected chi connectivity index (χ0v) is 14.2. The lowest BCUT2D eigenvalue weighted by Crippen LogP contribution is -2.32. The molecule has 1 fully saturated rings. The highest BCUT2D eigenvalue weighted by Crippen LogP contribution is 2.17. The number of benzene rings is 2. The molecule has 26 heavy (non-hydrogen) atoms. The lowest BCUT2D eigenvalue weighted by molar-refractivity contribution is 0.0858. The number of rotatable bonds is 5. The molecule has 2 amide bonds. The van der Waals surface area contributed by atoms with E-state index >= 15 is 0 Å². The predicted molar refractivity (Wildman–Crippen MR) is 96.9 cm³/mol. The molecule has 0 radical (unpaired) electrons. The van der Waals surface area contributed by atoms with Gasteiger partial charge in [-0.05, 0) is 43.2 Å². The molecule has 0 aliphatic carbocycles. The zero-order valence-electron chi connectivity index (χ0n) is 14.2. The van der Waals surface area contributed by atoms with Gasteiger partial charge in [-0.15, -0.1) is 0 Å². The smallest absolute Gasteiger partial charge is 0.255 e. The topological polar surface area (TPSA) is 91.2 Å². The van der Waals surface area contributed by atoms with E-state index in [1.54, 1.807) is 42.5 Å². The maximum absolute atomic E-state index is 12.5. The van der Waals surface area contributed by atoms with Gasteiger partial charge < -0.3 is 15.4 Å². The third kappa shape index (κ3) is 4.26. The van der Waals surface area contributed by atoms with Crippen molar-refractivity contribution >= 4 is 17.5 Å². The number of hydrogen-bond acceptors (Lipinski definition) is 4. The summed E-state index contributed by atoms with van der Waals surface area (Å²) in [6.45, 7) is 1.18. The van der Waals surface area contributed by atoms with Crippen molar-refractivity contribution in [2.75, 3.05) is 18.5 Å². The second-order valence-corrected chi connectivity index (χ2v) is 6.04. The first-order chi connectivity index (χ1) is 12.7. The van der Waals surface area contributed by atoms with Crippen LogP contribution in [0.1, 0.15) is 39.1 Å². The van der Waals surface area contributed by atoms with Crippen LogP contribution < -0.4 is 10.6 Å².